The molecule has 3 rings (SSSR count). The lowest BCUT2D eigenvalue weighted by atomic mass is 10.1. The van der Waals surface area contributed by atoms with Crippen LogP contribution in [0.2, 0.25) is 0 Å². The number of fused-ring (bicyclic) bond motifs is 1. The van der Waals surface area contributed by atoms with Gasteiger partial charge < -0.3 is 9.67 Å². The number of aliphatic hydroxyl groups excluding tert-OH is 1. The first-order chi connectivity index (χ1) is 6.36. The van der Waals surface area contributed by atoms with Gasteiger partial charge in [0.25, 0.3) is 0 Å². The van der Waals surface area contributed by atoms with Crippen LogP contribution in [0.25, 0.3) is 0 Å². The molecule has 0 saturated heterocycles. The smallest absolute Gasteiger partial charge is 0.0953 e. The summed E-state index contributed by atoms with van der Waals surface area (Å²) in [7, 11) is 0. The standard InChI is InChI=1S/C10H14N2O/c13-5-9-4-12(6-11-9)10-2-7-1-8(7)3-10/h4,6-8,10,13H,1-3,5H2. The number of aliphatic hydroxyl groups is 1. The Morgan fingerprint density at radius 2 is 2.15 bits per heavy atom. The molecule has 0 spiro atoms. The molecule has 2 saturated carbocycles. The molecule has 2 unspecified atom stereocenters. The SMILES string of the molecule is OCc1cn(C2CC3CC3C2)cn1. The molecule has 0 amide bonds. The van der Waals surface area contributed by atoms with E-state index < -0.39 is 0 Å². The molecular formula is C10H14N2O. The first-order valence-corrected chi connectivity index (χ1v) is 5.00. The van der Waals surface area contributed by atoms with Gasteiger partial charge in [-0.1, -0.05) is 0 Å². The van der Waals surface area contributed by atoms with Gasteiger partial charge >= 0.3 is 0 Å². The van der Waals surface area contributed by atoms with Crippen molar-refractivity contribution in [2.75, 3.05) is 0 Å². The topological polar surface area (TPSA) is 38.0 Å². The molecule has 1 heterocycles. The van der Waals surface area contributed by atoms with E-state index >= 15 is 0 Å². The lowest BCUT2D eigenvalue weighted by molar-refractivity contribution is 0.277. The monoisotopic (exact) mass is 178 g/mol. The third kappa shape index (κ3) is 1.18. The van der Waals surface area contributed by atoms with Gasteiger partial charge in [0.2, 0.25) is 0 Å². The Morgan fingerprint density at radius 3 is 2.77 bits per heavy atom. The molecule has 2 atom stereocenters. The van der Waals surface area contributed by atoms with Crippen LogP contribution < -0.4 is 0 Å². The highest BCUT2D eigenvalue weighted by Crippen LogP contribution is 2.55. The quantitative estimate of drug-likeness (QED) is 0.742. The van der Waals surface area contributed by atoms with Gasteiger partial charge in [0.15, 0.2) is 0 Å². The highest BCUT2D eigenvalue weighted by Gasteiger charge is 2.46. The molecule has 2 fully saturated rings. The predicted octanol–water partition coefficient (Wildman–Crippen LogP) is 1.35. The predicted molar refractivity (Wildman–Crippen MR) is 48.0 cm³/mol. The second kappa shape index (κ2) is 2.58. The zero-order valence-electron chi connectivity index (χ0n) is 7.56. The van der Waals surface area contributed by atoms with E-state index in [1.807, 2.05) is 12.5 Å². The molecule has 2 aliphatic rings. The van der Waals surface area contributed by atoms with Crippen LogP contribution in [0.1, 0.15) is 31.0 Å². The van der Waals surface area contributed by atoms with Gasteiger partial charge in [0.1, 0.15) is 0 Å². The maximum Gasteiger partial charge on any atom is 0.0953 e. The van der Waals surface area contributed by atoms with Crippen molar-refractivity contribution in [3.63, 3.8) is 0 Å². The third-order valence-corrected chi connectivity index (χ3v) is 3.46. The van der Waals surface area contributed by atoms with Crippen LogP contribution in [0, 0.1) is 11.8 Å². The molecule has 2 aliphatic carbocycles. The van der Waals surface area contributed by atoms with E-state index in [4.69, 9.17) is 5.11 Å². The minimum absolute atomic E-state index is 0.0621. The van der Waals surface area contributed by atoms with Crippen molar-refractivity contribution in [1.82, 2.24) is 9.55 Å². The molecule has 0 aliphatic heterocycles. The average Bonchev–Trinajstić information content (AvgIpc) is 2.67. The van der Waals surface area contributed by atoms with E-state index in [9.17, 15) is 0 Å². The molecule has 3 heteroatoms. The fourth-order valence-corrected chi connectivity index (χ4v) is 2.59. The molecule has 13 heavy (non-hydrogen) atoms. The summed E-state index contributed by atoms with van der Waals surface area (Å²) in [6.07, 6.45) is 7.95. The Balaban J connectivity index is 1.77. The van der Waals surface area contributed by atoms with Crippen molar-refractivity contribution in [3.05, 3.63) is 18.2 Å². The molecule has 3 nitrogen and oxygen atoms in total. The Kier molecular flexibility index (Phi) is 1.50. The maximum atomic E-state index is 8.88. The van der Waals surface area contributed by atoms with E-state index in [0.29, 0.717) is 6.04 Å². The summed E-state index contributed by atoms with van der Waals surface area (Å²) in [5.41, 5.74) is 0.792. The van der Waals surface area contributed by atoms with Gasteiger partial charge in [-0.3, -0.25) is 0 Å². The van der Waals surface area contributed by atoms with E-state index in [0.717, 1.165) is 17.5 Å². The van der Waals surface area contributed by atoms with Crippen molar-refractivity contribution in [2.24, 2.45) is 11.8 Å². The van der Waals surface area contributed by atoms with Gasteiger partial charge in [0.05, 0.1) is 18.6 Å². The van der Waals surface area contributed by atoms with Gasteiger partial charge in [0, 0.05) is 12.2 Å². The lowest BCUT2D eigenvalue weighted by Crippen LogP contribution is -2.04. The van der Waals surface area contributed by atoms with Crippen molar-refractivity contribution in [3.8, 4) is 0 Å². The summed E-state index contributed by atoms with van der Waals surface area (Å²) in [5, 5.41) is 8.88. The molecular weight excluding hydrogens is 164 g/mol. The fraction of sp³-hybridized carbons (Fsp3) is 0.700. The van der Waals surface area contributed by atoms with Crippen LogP contribution in [0.15, 0.2) is 12.5 Å². The van der Waals surface area contributed by atoms with Crippen molar-refractivity contribution in [2.45, 2.75) is 31.9 Å². The first-order valence-electron chi connectivity index (χ1n) is 5.00. The summed E-state index contributed by atoms with van der Waals surface area (Å²) in [4.78, 5) is 4.13. The number of hydrogen-bond donors (Lipinski definition) is 1. The Morgan fingerprint density at radius 1 is 1.38 bits per heavy atom. The number of rotatable bonds is 2. The minimum atomic E-state index is 0.0621. The summed E-state index contributed by atoms with van der Waals surface area (Å²) in [6, 6.07) is 0.663. The summed E-state index contributed by atoms with van der Waals surface area (Å²) >= 11 is 0. The van der Waals surface area contributed by atoms with Crippen molar-refractivity contribution < 1.29 is 5.11 Å². The molecule has 1 aromatic rings. The van der Waals surface area contributed by atoms with Crippen LogP contribution >= 0.6 is 0 Å². The number of imidazole rings is 1. The lowest BCUT2D eigenvalue weighted by Gasteiger charge is -2.12. The molecule has 0 bridgehead atoms. The first kappa shape index (κ1) is 7.56. The highest BCUT2D eigenvalue weighted by atomic mass is 16.3. The van der Waals surface area contributed by atoms with Crippen LogP contribution in [-0.2, 0) is 6.61 Å². The van der Waals surface area contributed by atoms with Gasteiger partial charge in [-0.2, -0.15) is 0 Å². The summed E-state index contributed by atoms with van der Waals surface area (Å²) in [6.45, 7) is 0.0621. The van der Waals surface area contributed by atoms with Crippen molar-refractivity contribution in [1.29, 1.82) is 0 Å². The summed E-state index contributed by atoms with van der Waals surface area (Å²) < 4.78 is 2.18. The largest absolute Gasteiger partial charge is 0.390 e. The Bertz CT molecular complexity index is 310. The second-order valence-electron chi connectivity index (χ2n) is 4.35. The molecule has 70 valence electrons. The van der Waals surface area contributed by atoms with Crippen molar-refractivity contribution >= 4 is 0 Å². The average molecular weight is 178 g/mol. The van der Waals surface area contributed by atoms with Gasteiger partial charge in [-0.15, -0.1) is 0 Å². The van der Waals surface area contributed by atoms with Gasteiger partial charge in [-0.25, -0.2) is 4.98 Å². The van der Waals surface area contributed by atoms with Crippen LogP contribution in [0.4, 0.5) is 0 Å². The zero-order valence-corrected chi connectivity index (χ0v) is 7.56. The van der Waals surface area contributed by atoms with Crippen LogP contribution in [-0.4, -0.2) is 14.7 Å². The van der Waals surface area contributed by atoms with Gasteiger partial charge in [-0.05, 0) is 31.1 Å². The maximum absolute atomic E-state index is 8.88. The van der Waals surface area contributed by atoms with E-state index in [1.54, 1.807) is 0 Å². The minimum Gasteiger partial charge on any atom is -0.390 e. The number of aromatic nitrogens is 2. The zero-order chi connectivity index (χ0) is 8.84. The molecule has 1 N–H and O–H groups in total. The second-order valence-corrected chi connectivity index (χ2v) is 4.35. The highest BCUT2D eigenvalue weighted by molar-refractivity contribution is 5.02. The summed E-state index contributed by atoms with van der Waals surface area (Å²) in [5.74, 6) is 2.01. The molecule has 0 radical (unpaired) electrons. The van der Waals surface area contributed by atoms with Crippen LogP contribution in [0.5, 0.6) is 0 Å². The fourth-order valence-electron chi connectivity index (χ4n) is 2.59. The molecule has 0 aromatic carbocycles. The Hall–Kier alpha value is -0.830. The Labute approximate surface area is 77.4 Å². The van der Waals surface area contributed by atoms with Crippen LogP contribution in [0.3, 0.4) is 0 Å². The normalized spacial score (nSPS) is 36.2. The van der Waals surface area contributed by atoms with E-state index in [2.05, 4.69) is 9.55 Å². The third-order valence-electron chi connectivity index (χ3n) is 3.46. The molecule has 1 aromatic heterocycles. The number of hydrogen-bond acceptors (Lipinski definition) is 2. The van der Waals surface area contributed by atoms with E-state index in [-0.39, 0.29) is 6.61 Å². The van der Waals surface area contributed by atoms with E-state index in [1.165, 1.54) is 19.3 Å². The number of nitrogens with zero attached hydrogens (tertiary/aromatic N) is 2.